The molecule has 2 aromatic rings. The lowest BCUT2D eigenvalue weighted by atomic mass is 10.2. The zero-order valence-electron chi connectivity index (χ0n) is 13.5. The van der Waals surface area contributed by atoms with E-state index < -0.39 is 9.84 Å². The summed E-state index contributed by atoms with van der Waals surface area (Å²) in [6.07, 6.45) is 0.235. The monoisotopic (exact) mass is 365 g/mol. The summed E-state index contributed by atoms with van der Waals surface area (Å²) in [5, 5.41) is 2.67. The van der Waals surface area contributed by atoms with Gasteiger partial charge in [-0.05, 0) is 43.3 Å². The summed E-state index contributed by atoms with van der Waals surface area (Å²) < 4.78 is 23.4. The molecule has 0 bridgehead atoms. The summed E-state index contributed by atoms with van der Waals surface area (Å²) in [6.45, 7) is 3.51. The molecule has 0 aliphatic heterocycles. The number of carbonyl (C=O) groups is 2. The number of hydrogen-bond acceptors (Lipinski definition) is 5. The summed E-state index contributed by atoms with van der Waals surface area (Å²) in [5.74, 6) is -0.293. The highest BCUT2D eigenvalue weighted by Gasteiger charge is 2.13. The van der Waals surface area contributed by atoms with Gasteiger partial charge in [-0.3, -0.25) is 9.59 Å². The first-order chi connectivity index (χ1) is 11.3. The molecule has 128 valence electrons. The van der Waals surface area contributed by atoms with E-state index in [2.05, 4.69) is 5.32 Å². The molecule has 1 N–H and O–H groups in total. The molecular weight excluding hydrogens is 346 g/mol. The molecule has 1 amide bonds. The number of rotatable bonds is 7. The van der Waals surface area contributed by atoms with E-state index in [1.807, 2.05) is 13.0 Å². The van der Waals surface area contributed by atoms with Crippen molar-refractivity contribution in [2.75, 3.05) is 11.1 Å². The van der Waals surface area contributed by atoms with E-state index in [9.17, 15) is 18.0 Å². The maximum Gasteiger partial charge on any atom is 0.224 e. The number of hydrogen-bond donors (Lipinski definition) is 1. The van der Waals surface area contributed by atoms with Crippen LogP contribution in [0.3, 0.4) is 0 Å². The van der Waals surface area contributed by atoms with Crippen LogP contribution in [0.5, 0.6) is 0 Å². The van der Waals surface area contributed by atoms with Crippen molar-refractivity contribution >= 4 is 38.6 Å². The molecule has 0 atom stereocenters. The Labute approximate surface area is 145 Å². The van der Waals surface area contributed by atoms with E-state index in [4.69, 9.17) is 0 Å². The fraction of sp³-hybridized carbons (Fsp3) is 0.294. The van der Waals surface area contributed by atoms with E-state index in [1.54, 1.807) is 25.1 Å². The first-order valence-corrected chi connectivity index (χ1v) is 10.0. The topological polar surface area (TPSA) is 80.3 Å². The zero-order chi connectivity index (χ0) is 17.7. The lowest BCUT2D eigenvalue weighted by molar-refractivity contribution is -0.116. The lowest BCUT2D eigenvalue weighted by Gasteiger charge is -2.06. The van der Waals surface area contributed by atoms with E-state index in [0.717, 1.165) is 4.88 Å². The number of anilines is 1. The molecule has 24 heavy (non-hydrogen) atoms. The minimum atomic E-state index is -3.25. The molecule has 1 aromatic heterocycles. The third-order valence-corrected chi connectivity index (χ3v) is 6.26. The molecule has 0 fully saturated rings. The van der Waals surface area contributed by atoms with Crippen LogP contribution in [-0.4, -0.2) is 25.9 Å². The van der Waals surface area contributed by atoms with Gasteiger partial charge in [-0.25, -0.2) is 8.42 Å². The van der Waals surface area contributed by atoms with Gasteiger partial charge in [0.1, 0.15) is 0 Å². The molecular formula is C17H19NO4S2. The van der Waals surface area contributed by atoms with Crippen molar-refractivity contribution in [2.24, 2.45) is 0 Å². The number of thiophene rings is 1. The molecule has 0 saturated heterocycles. The molecule has 0 aliphatic rings. The predicted octanol–water partition coefficient (Wildman–Crippen LogP) is 3.45. The maximum atomic E-state index is 12.0. The Morgan fingerprint density at radius 3 is 2.25 bits per heavy atom. The van der Waals surface area contributed by atoms with Crippen molar-refractivity contribution < 1.29 is 18.0 Å². The molecule has 1 heterocycles. The molecule has 0 spiro atoms. The highest BCUT2D eigenvalue weighted by molar-refractivity contribution is 7.91. The smallest absolute Gasteiger partial charge is 0.224 e. The number of Topliss-reactive ketones (excluding diaryl/α,β-unsaturated/α-hetero) is 1. The van der Waals surface area contributed by atoms with Gasteiger partial charge < -0.3 is 5.32 Å². The largest absolute Gasteiger partial charge is 0.326 e. The number of nitrogens with one attached hydrogen (secondary N) is 1. The number of benzene rings is 1. The molecule has 7 heteroatoms. The Balaban J connectivity index is 1.89. The van der Waals surface area contributed by atoms with Gasteiger partial charge in [0.05, 0.1) is 15.5 Å². The summed E-state index contributed by atoms with van der Waals surface area (Å²) in [6, 6.07) is 9.68. The summed E-state index contributed by atoms with van der Waals surface area (Å²) in [5.41, 5.74) is 0.509. The minimum absolute atomic E-state index is 0.0308. The lowest BCUT2D eigenvalue weighted by Crippen LogP contribution is -2.13. The maximum absolute atomic E-state index is 12.0. The molecule has 0 aliphatic carbocycles. The SMILES string of the molecule is CCS(=O)(=O)c1ccc(NC(=O)CCC(=O)c2ccc(C)s2)cc1. The van der Waals surface area contributed by atoms with Crippen LogP contribution in [0.15, 0.2) is 41.3 Å². The van der Waals surface area contributed by atoms with E-state index >= 15 is 0 Å². The highest BCUT2D eigenvalue weighted by Crippen LogP contribution is 2.18. The third-order valence-electron chi connectivity index (χ3n) is 3.47. The van der Waals surface area contributed by atoms with Gasteiger partial charge in [-0.15, -0.1) is 11.3 Å². The van der Waals surface area contributed by atoms with E-state index in [1.165, 1.54) is 23.5 Å². The Morgan fingerprint density at radius 2 is 1.71 bits per heavy atom. The van der Waals surface area contributed by atoms with Crippen molar-refractivity contribution in [3.8, 4) is 0 Å². The average molecular weight is 365 g/mol. The number of aryl methyl sites for hydroxylation is 1. The quantitative estimate of drug-likeness (QED) is 0.762. The van der Waals surface area contributed by atoms with Gasteiger partial charge in [0.25, 0.3) is 0 Å². The van der Waals surface area contributed by atoms with Crippen LogP contribution < -0.4 is 5.32 Å². The molecule has 0 saturated carbocycles. The molecule has 2 rings (SSSR count). The molecule has 0 unspecified atom stereocenters. The van der Waals surface area contributed by atoms with Crippen LogP contribution in [0.25, 0.3) is 0 Å². The van der Waals surface area contributed by atoms with Crippen molar-refractivity contribution in [3.63, 3.8) is 0 Å². The van der Waals surface area contributed by atoms with Crippen molar-refractivity contribution in [3.05, 3.63) is 46.2 Å². The van der Waals surface area contributed by atoms with Crippen LogP contribution in [0, 0.1) is 6.92 Å². The van der Waals surface area contributed by atoms with Crippen molar-refractivity contribution in [1.82, 2.24) is 0 Å². The first-order valence-electron chi connectivity index (χ1n) is 7.54. The van der Waals surface area contributed by atoms with Crippen molar-refractivity contribution in [2.45, 2.75) is 31.6 Å². The zero-order valence-corrected chi connectivity index (χ0v) is 15.2. The molecule has 1 aromatic carbocycles. The van der Waals surface area contributed by atoms with Gasteiger partial charge >= 0.3 is 0 Å². The van der Waals surface area contributed by atoms with Crippen LogP contribution in [0.2, 0.25) is 0 Å². The first kappa shape index (κ1) is 18.4. The van der Waals surface area contributed by atoms with Gasteiger partial charge in [-0.1, -0.05) is 6.92 Å². The fourth-order valence-corrected chi connectivity index (χ4v) is 3.79. The predicted molar refractivity (Wildman–Crippen MR) is 95.4 cm³/mol. The second-order valence-electron chi connectivity index (χ2n) is 5.31. The summed E-state index contributed by atoms with van der Waals surface area (Å²) >= 11 is 1.42. The molecule has 5 nitrogen and oxygen atoms in total. The van der Waals surface area contributed by atoms with Crippen LogP contribution >= 0.6 is 11.3 Å². The van der Waals surface area contributed by atoms with E-state index in [0.29, 0.717) is 10.6 Å². The van der Waals surface area contributed by atoms with Crippen LogP contribution in [0.4, 0.5) is 5.69 Å². The van der Waals surface area contributed by atoms with Gasteiger partial charge in [0.2, 0.25) is 5.91 Å². The van der Waals surface area contributed by atoms with Gasteiger partial charge in [-0.2, -0.15) is 0 Å². The third kappa shape index (κ3) is 4.75. The second kappa shape index (κ2) is 7.72. The molecule has 0 radical (unpaired) electrons. The van der Waals surface area contributed by atoms with Crippen LogP contribution in [0.1, 0.15) is 34.3 Å². The van der Waals surface area contributed by atoms with Gasteiger partial charge in [0, 0.05) is 23.4 Å². The minimum Gasteiger partial charge on any atom is -0.326 e. The highest BCUT2D eigenvalue weighted by atomic mass is 32.2. The Kier molecular flexibility index (Phi) is 5.90. The van der Waals surface area contributed by atoms with E-state index in [-0.39, 0.29) is 35.2 Å². The summed E-state index contributed by atoms with van der Waals surface area (Å²) in [7, 11) is -3.25. The fourth-order valence-electron chi connectivity index (χ4n) is 2.07. The van der Waals surface area contributed by atoms with Crippen molar-refractivity contribution in [1.29, 1.82) is 0 Å². The van der Waals surface area contributed by atoms with Gasteiger partial charge in [0.15, 0.2) is 15.6 Å². The second-order valence-corrected chi connectivity index (χ2v) is 8.88. The number of sulfone groups is 1. The number of amides is 1. The number of ketones is 1. The Bertz CT molecular complexity index is 836. The standard InChI is InChI=1S/C17H19NO4S2/c1-3-24(21,22)14-7-5-13(6-8-14)18-17(20)11-9-15(19)16-10-4-12(2)23-16/h4-8,10H,3,9,11H2,1-2H3,(H,18,20). The Hall–Kier alpha value is -1.99. The number of carbonyl (C=O) groups excluding carboxylic acids is 2. The summed E-state index contributed by atoms with van der Waals surface area (Å²) in [4.78, 5) is 25.8. The Morgan fingerprint density at radius 1 is 1.04 bits per heavy atom. The van der Waals surface area contributed by atoms with Crippen LogP contribution in [-0.2, 0) is 14.6 Å². The normalized spacial score (nSPS) is 11.2. The average Bonchev–Trinajstić information content (AvgIpc) is 2.99.